The van der Waals surface area contributed by atoms with Crippen molar-refractivity contribution in [2.75, 3.05) is 7.05 Å². The summed E-state index contributed by atoms with van der Waals surface area (Å²) in [6.45, 7) is 8.02. The highest BCUT2D eigenvalue weighted by Gasteiger charge is 2.15. The molecule has 31 heavy (non-hydrogen) atoms. The van der Waals surface area contributed by atoms with Crippen molar-refractivity contribution in [3.8, 4) is 0 Å². The van der Waals surface area contributed by atoms with E-state index in [1.807, 2.05) is 62.0 Å². The summed E-state index contributed by atoms with van der Waals surface area (Å²) >= 11 is 6.33. The molecule has 0 fully saturated rings. The number of aromatic nitrogens is 4. The van der Waals surface area contributed by atoms with Gasteiger partial charge in [0.15, 0.2) is 0 Å². The van der Waals surface area contributed by atoms with E-state index in [0.29, 0.717) is 18.7 Å². The standard InChI is InChI=1S/C24H26ClN5O/c1-16-8-7-11-29-23(31)12-20(26-24(16)29)14-28(4)15-21-17(2)27-30(18(21)3)13-19-9-5-6-10-22(19)25/h5-12H,13-15H2,1-4H3. The van der Waals surface area contributed by atoms with Crippen LogP contribution in [0.4, 0.5) is 0 Å². The molecule has 4 aromatic rings. The maximum atomic E-state index is 12.5. The number of aryl methyl sites for hydroxylation is 2. The molecule has 160 valence electrons. The fourth-order valence-electron chi connectivity index (χ4n) is 3.90. The zero-order valence-electron chi connectivity index (χ0n) is 18.3. The van der Waals surface area contributed by atoms with E-state index < -0.39 is 0 Å². The predicted octanol–water partition coefficient (Wildman–Crippen LogP) is 4.15. The second-order valence-electron chi connectivity index (χ2n) is 8.04. The van der Waals surface area contributed by atoms with E-state index in [2.05, 4.69) is 11.8 Å². The van der Waals surface area contributed by atoms with Gasteiger partial charge in [-0.15, -0.1) is 0 Å². The number of benzene rings is 1. The third-order valence-corrected chi connectivity index (χ3v) is 5.98. The Balaban J connectivity index is 1.54. The first kappa shape index (κ1) is 21.3. The fraction of sp³-hybridized carbons (Fsp3) is 0.292. The van der Waals surface area contributed by atoms with Crippen LogP contribution in [0.2, 0.25) is 5.02 Å². The number of hydrogen-bond donors (Lipinski definition) is 0. The molecule has 0 spiro atoms. The van der Waals surface area contributed by atoms with Crippen LogP contribution in [0.3, 0.4) is 0 Å². The van der Waals surface area contributed by atoms with Crippen molar-refractivity contribution in [3.05, 3.63) is 97.8 Å². The van der Waals surface area contributed by atoms with E-state index in [1.54, 1.807) is 16.7 Å². The zero-order valence-corrected chi connectivity index (χ0v) is 19.0. The number of fused-ring (bicyclic) bond motifs is 1. The molecule has 0 aliphatic heterocycles. The van der Waals surface area contributed by atoms with Gasteiger partial charge in [-0.25, -0.2) is 4.98 Å². The average Bonchev–Trinajstić information content (AvgIpc) is 2.98. The van der Waals surface area contributed by atoms with Crippen LogP contribution in [0.1, 0.15) is 33.8 Å². The lowest BCUT2D eigenvalue weighted by molar-refractivity contribution is 0.313. The SMILES string of the molecule is Cc1nn(Cc2ccccc2Cl)c(C)c1CN(C)Cc1cc(=O)n2cccc(C)c2n1. The summed E-state index contributed by atoms with van der Waals surface area (Å²) in [6.07, 6.45) is 1.76. The molecule has 0 N–H and O–H groups in total. The average molecular weight is 436 g/mol. The highest BCUT2D eigenvalue weighted by Crippen LogP contribution is 2.20. The second-order valence-corrected chi connectivity index (χ2v) is 8.45. The topological polar surface area (TPSA) is 55.4 Å². The van der Waals surface area contributed by atoms with Gasteiger partial charge < -0.3 is 0 Å². The van der Waals surface area contributed by atoms with Gasteiger partial charge in [-0.2, -0.15) is 5.10 Å². The molecule has 7 heteroatoms. The minimum Gasteiger partial charge on any atom is -0.296 e. The smallest absolute Gasteiger partial charge is 0.258 e. The van der Waals surface area contributed by atoms with Gasteiger partial charge in [0.05, 0.1) is 17.9 Å². The minimum atomic E-state index is -0.0583. The molecule has 0 amide bonds. The third-order valence-electron chi connectivity index (χ3n) is 5.61. The highest BCUT2D eigenvalue weighted by atomic mass is 35.5. The van der Waals surface area contributed by atoms with Gasteiger partial charge in [0, 0.05) is 41.6 Å². The Labute approximate surface area is 186 Å². The maximum absolute atomic E-state index is 12.5. The maximum Gasteiger partial charge on any atom is 0.258 e. The molecule has 0 saturated heterocycles. The summed E-state index contributed by atoms with van der Waals surface area (Å²) in [5.41, 5.74) is 6.74. The fourth-order valence-corrected chi connectivity index (χ4v) is 4.09. The van der Waals surface area contributed by atoms with E-state index in [0.717, 1.165) is 39.8 Å². The zero-order chi connectivity index (χ0) is 22.1. The summed E-state index contributed by atoms with van der Waals surface area (Å²) in [7, 11) is 2.03. The predicted molar refractivity (Wildman–Crippen MR) is 124 cm³/mol. The van der Waals surface area contributed by atoms with Crippen LogP contribution in [0.15, 0.2) is 53.5 Å². The Morgan fingerprint density at radius 3 is 2.61 bits per heavy atom. The molecule has 4 rings (SSSR count). The molecule has 0 aliphatic rings. The Kier molecular flexibility index (Phi) is 5.94. The van der Waals surface area contributed by atoms with E-state index in [4.69, 9.17) is 21.7 Å². The minimum absolute atomic E-state index is 0.0583. The van der Waals surface area contributed by atoms with Crippen LogP contribution in [0, 0.1) is 20.8 Å². The van der Waals surface area contributed by atoms with Crippen LogP contribution in [-0.2, 0) is 19.6 Å². The summed E-state index contributed by atoms with van der Waals surface area (Å²) in [5, 5.41) is 5.48. The number of pyridine rings is 1. The molecule has 1 aromatic carbocycles. The molecular formula is C24H26ClN5O. The largest absolute Gasteiger partial charge is 0.296 e. The number of hydrogen-bond acceptors (Lipinski definition) is 4. The van der Waals surface area contributed by atoms with Gasteiger partial charge >= 0.3 is 0 Å². The van der Waals surface area contributed by atoms with Crippen molar-refractivity contribution in [2.24, 2.45) is 0 Å². The summed E-state index contributed by atoms with van der Waals surface area (Å²) in [5.74, 6) is 0. The van der Waals surface area contributed by atoms with Crippen LogP contribution in [0.25, 0.3) is 5.65 Å². The normalized spacial score (nSPS) is 11.5. The van der Waals surface area contributed by atoms with Crippen LogP contribution in [-0.4, -0.2) is 31.1 Å². The van der Waals surface area contributed by atoms with Gasteiger partial charge in [-0.05, 0) is 51.1 Å². The molecule has 0 radical (unpaired) electrons. The monoisotopic (exact) mass is 435 g/mol. The summed E-state index contributed by atoms with van der Waals surface area (Å²) < 4.78 is 3.59. The van der Waals surface area contributed by atoms with Crippen molar-refractivity contribution in [1.82, 2.24) is 24.1 Å². The first-order chi connectivity index (χ1) is 14.8. The van der Waals surface area contributed by atoms with Gasteiger partial charge in [0.1, 0.15) is 5.65 Å². The Bertz CT molecular complexity index is 1310. The van der Waals surface area contributed by atoms with Crippen molar-refractivity contribution in [1.29, 1.82) is 0 Å². The molecule has 0 aliphatic carbocycles. The molecule has 0 bridgehead atoms. The molecule has 0 unspecified atom stereocenters. The Morgan fingerprint density at radius 2 is 1.84 bits per heavy atom. The first-order valence-electron chi connectivity index (χ1n) is 10.3. The molecule has 3 heterocycles. The van der Waals surface area contributed by atoms with E-state index in [9.17, 15) is 4.79 Å². The third kappa shape index (κ3) is 4.40. The van der Waals surface area contributed by atoms with Gasteiger partial charge in [-0.3, -0.25) is 18.8 Å². The Hall–Kier alpha value is -2.96. The number of rotatable bonds is 6. The molecule has 0 saturated carbocycles. The van der Waals surface area contributed by atoms with Crippen molar-refractivity contribution < 1.29 is 0 Å². The molecule has 0 atom stereocenters. The van der Waals surface area contributed by atoms with E-state index >= 15 is 0 Å². The highest BCUT2D eigenvalue weighted by molar-refractivity contribution is 6.31. The van der Waals surface area contributed by atoms with Crippen LogP contribution >= 0.6 is 11.6 Å². The van der Waals surface area contributed by atoms with Crippen molar-refractivity contribution >= 4 is 17.2 Å². The molecule has 3 aromatic heterocycles. The van der Waals surface area contributed by atoms with E-state index in [1.165, 1.54) is 5.56 Å². The number of halogens is 1. The summed E-state index contributed by atoms with van der Waals surface area (Å²) in [4.78, 5) is 19.4. The lowest BCUT2D eigenvalue weighted by Gasteiger charge is -2.17. The van der Waals surface area contributed by atoms with Gasteiger partial charge in [0.25, 0.3) is 5.56 Å². The summed E-state index contributed by atoms with van der Waals surface area (Å²) in [6, 6.07) is 13.3. The van der Waals surface area contributed by atoms with Crippen molar-refractivity contribution in [2.45, 2.75) is 40.4 Å². The number of nitrogens with zero attached hydrogens (tertiary/aromatic N) is 5. The molecular weight excluding hydrogens is 410 g/mol. The first-order valence-corrected chi connectivity index (χ1v) is 10.6. The van der Waals surface area contributed by atoms with Crippen LogP contribution in [0.5, 0.6) is 0 Å². The second kappa shape index (κ2) is 8.65. The molecule has 6 nitrogen and oxygen atoms in total. The van der Waals surface area contributed by atoms with Crippen LogP contribution < -0.4 is 5.56 Å². The van der Waals surface area contributed by atoms with E-state index in [-0.39, 0.29) is 5.56 Å². The van der Waals surface area contributed by atoms with Gasteiger partial charge in [0.2, 0.25) is 0 Å². The van der Waals surface area contributed by atoms with Crippen molar-refractivity contribution in [3.63, 3.8) is 0 Å². The Morgan fingerprint density at radius 1 is 1.06 bits per heavy atom. The lowest BCUT2D eigenvalue weighted by Crippen LogP contribution is -2.22. The lowest BCUT2D eigenvalue weighted by atomic mass is 10.1. The van der Waals surface area contributed by atoms with Gasteiger partial charge in [-0.1, -0.05) is 35.9 Å². The quantitative estimate of drug-likeness (QED) is 0.456.